The predicted octanol–water partition coefficient (Wildman–Crippen LogP) is 1.59. The number of nitrogens with one attached hydrogen (secondary N) is 1. The second-order valence-electron chi connectivity index (χ2n) is 4.53. The second kappa shape index (κ2) is 19.0. The summed E-state index contributed by atoms with van der Waals surface area (Å²) in [5.41, 5.74) is 12.2. The Bertz CT molecular complexity index is 412. The maximum absolute atomic E-state index is 10.6. The molecule has 0 unspecified atom stereocenters. The van der Waals surface area contributed by atoms with Crippen molar-refractivity contribution in [2.45, 2.75) is 6.54 Å². The molecule has 0 aliphatic carbocycles. The first-order valence-corrected chi connectivity index (χ1v) is 6.74. The monoisotopic (exact) mass is 425 g/mol. The van der Waals surface area contributed by atoms with Crippen LogP contribution in [0.4, 0.5) is 5.69 Å². The van der Waals surface area contributed by atoms with Crippen molar-refractivity contribution in [3.05, 3.63) is 39.9 Å². The second-order valence-corrected chi connectivity index (χ2v) is 4.53. The van der Waals surface area contributed by atoms with E-state index in [9.17, 15) is 10.1 Å². The van der Waals surface area contributed by atoms with Crippen LogP contribution in [0.1, 0.15) is 5.56 Å². The lowest BCUT2D eigenvalue weighted by molar-refractivity contribution is -0.384. The van der Waals surface area contributed by atoms with Crippen molar-refractivity contribution < 1.29 is 4.92 Å². The van der Waals surface area contributed by atoms with Gasteiger partial charge in [0.1, 0.15) is 0 Å². The Morgan fingerprint density at radius 2 is 1.54 bits per heavy atom. The molecule has 24 heavy (non-hydrogen) atoms. The summed E-state index contributed by atoms with van der Waals surface area (Å²) in [6, 6.07) is 6.63. The lowest BCUT2D eigenvalue weighted by atomic mass is 10.2. The molecule has 0 saturated carbocycles. The number of nitrogens with two attached hydrogens (primary N) is 2. The van der Waals surface area contributed by atoms with Gasteiger partial charge in [-0.15, -0.1) is 49.6 Å². The van der Waals surface area contributed by atoms with E-state index in [0.29, 0.717) is 13.1 Å². The van der Waals surface area contributed by atoms with Crippen LogP contribution in [0, 0.1) is 10.1 Å². The highest BCUT2D eigenvalue weighted by Gasteiger charge is 2.07. The van der Waals surface area contributed by atoms with Crippen LogP contribution < -0.4 is 16.8 Å². The summed E-state index contributed by atoms with van der Waals surface area (Å²) in [6.45, 7) is 5.26. The molecule has 0 saturated heterocycles. The number of nitrogens with zero attached hydrogens (tertiary/aromatic N) is 2. The van der Waals surface area contributed by atoms with Crippen molar-refractivity contribution in [3.8, 4) is 0 Å². The van der Waals surface area contributed by atoms with Gasteiger partial charge in [0.25, 0.3) is 5.69 Å². The molecule has 0 fully saturated rings. The molecule has 0 aromatic heterocycles. The topological polar surface area (TPSA) is 110 Å². The lowest BCUT2D eigenvalue weighted by Crippen LogP contribution is -2.36. The number of rotatable bonds is 10. The van der Waals surface area contributed by atoms with Crippen molar-refractivity contribution in [2.24, 2.45) is 11.5 Å². The summed E-state index contributed by atoms with van der Waals surface area (Å²) in [7, 11) is 0. The van der Waals surface area contributed by atoms with Crippen molar-refractivity contribution in [2.75, 3.05) is 39.3 Å². The van der Waals surface area contributed by atoms with E-state index >= 15 is 0 Å². The number of nitro groups is 1. The molecule has 0 aliphatic rings. The summed E-state index contributed by atoms with van der Waals surface area (Å²) in [6.07, 6.45) is 0. The molecule has 1 aromatic carbocycles. The Hall–Kier alpha value is -0.380. The normalized spacial score (nSPS) is 9.12. The van der Waals surface area contributed by atoms with Crippen LogP contribution in [0.15, 0.2) is 24.3 Å². The standard InChI is InChI=1S/C13H23N5O2.4ClH/c14-5-7-16-8-10-17(9-6-15)11-12-1-3-13(4-2-12)18(19)20;;;;/h1-4,16H,5-11,14-15H2;4*1H. The quantitative estimate of drug-likeness (QED) is 0.297. The molecule has 1 aromatic rings. The molecule has 0 aliphatic heterocycles. The van der Waals surface area contributed by atoms with E-state index in [-0.39, 0.29) is 55.3 Å². The molecule has 11 heteroatoms. The minimum absolute atomic E-state index is 0. The molecule has 0 amide bonds. The van der Waals surface area contributed by atoms with E-state index in [1.54, 1.807) is 12.1 Å². The van der Waals surface area contributed by atoms with Gasteiger partial charge >= 0.3 is 0 Å². The molecule has 144 valence electrons. The largest absolute Gasteiger partial charge is 0.329 e. The number of hydrogen-bond acceptors (Lipinski definition) is 6. The Labute approximate surface area is 167 Å². The maximum atomic E-state index is 10.6. The van der Waals surface area contributed by atoms with Gasteiger partial charge < -0.3 is 16.8 Å². The summed E-state index contributed by atoms with van der Waals surface area (Å²) in [4.78, 5) is 12.4. The van der Waals surface area contributed by atoms with Crippen LogP contribution in [-0.4, -0.2) is 49.1 Å². The van der Waals surface area contributed by atoms with Crippen LogP contribution in [0.2, 0.25) is 0 Å². The third kappa shape index (κ3) is 13.0. The lowest BCUT2D eigenvalue weighted by Gasteiger charge is -2.21. The zero-order valence-electron chi connectivity index (χ0n) is 13.3. The SMILES string of the molecule is Cl.Cl.Cl.Cl.NCCNCCN(CCN)Cc1ccc([N+](=O)[O-])cc1. The van der Waals surface area contributed by atoms with Crippen LogP contribution >= 0.6 is 49.6 Å². The number of halogens is 4. The summed E-state index contributed by atoms with van der Waals surface area (Å²) < 4.78 is 0. The number of non-ortho nitro benzene ring substituents is 1. The van der Waals surface area contributed by atoms with Gasteiger partial charge in [0, 0.05) is 57.9 Å². The van der Waals surface area contributed by atoms with Crippen LogP contribution in [-0.2, 0) is 6.54 Å². The molecular formula is C13H27Cl4N5O2. The molecule has 0 radical (unpaired) electrons. The first-order chi connectivity index (χ1) is 9.67. The molecule has 0 spiro atoms. The molecule has 0 heterocycles. The summed E-state index contributed by atoms with van der Waals surface area (Å²) in [5, 5.41) is 13.8. The average Bonchev–Trinajstić information content (AvgIpc) is 2.44. The van der Waals surface area contributed by atoms with Crippen molar-refractivity contribution in [1.82, 2.24) is 10.2 Å². The van der Waals surface area contributed by atoms with Crippen molar-refractivity contribution in [3.63, 3.8) is 0 Å². The zero-order valence-corrected chi connectivity index (χ0v) is 16.5. The molecule has 5 N–H and O–H groups in total. The van der Waals surface area contributed by atoms with Crippen LogP contribution in [0.5, 0.6) is 0 Å². The molecular weight excluding hydrogens is 400 g/mol. The van der Waals surface area contributed by atoms with E-state index < -0.39 is 4.92 Å². The van der Waals surface area contributed by atoms with Gasteiger partial charge in [-0.1, -0.05) is 12.1 Å². The van der Waals surface area contributed by atoms with Gasteiger partial charge in [0.05, 0.1) is 4.92 Å². The number of hydrogen-bond donors (Lipinski definition) is 3. The highest BCUT2D eigenvalue weighted by Crippen LogP contribution is 2.13. The van der Waals surface area contributed by atoms with E-state index in [0.717, 1.165) is 38.3 Å². The molecule has 0 bridgehead atoms. The average molecular weight is 427 g/mol. The van der Waals surface area contributed by atoms with Crippen molar-refractivity contribution in [1.29, 1.82) is 0 Å². The van der Waals surface area contributed by atoms with Crippen LogP contribution in [0.25, 0.3) is 0 Å². The fraction of sp³-hybridized carbons (Fsp3) is 0.538. The minimum Gasteiger partial charge on any atom is -0.329 e. The minimum atomic E-state index is -0.391. The molecule has 0 atom stereocenters. The maximum Gasteiger partial charge on any atom is 0.269 e. The van der Waals surface area contributed by atoms with Gasteiger partial charge in [-0.25, -0.2) is 0 Å². The molecule has 7 nitrogen and oxygen atoms in total. The Morgan fingerprint density at radius 1 is 0.958 bits per heavy atom. The third-order valence-corrected chi connectivity index (χ3v) is 2.92. The Kier molecular flexibility index (Phi) is 24.8. The number of benzene rings is 1. The summed E-state index contributed by atoms with van der Waals surface area (Å²) in [5.74, 6) is 0. The molecule has 1 rings (SSSR count). The third-order valence-electron chi connectivity index (χ3n) is 2.92. The van der Waals surface area contributed by atoms with Crippen LogP contribution in [0.3, 0.4) is 0 Å². The summed E-state index contributed by atoms with van der Waals surface area (Å²) >= 11 is 0. The Balaban J connectivity index is -0.000000500. The van der Waals surface area contributed by atoms with E-state index in [1.165, 1.54) is 12.1 Å². The fourth-order valence-electron chi connectivity index (χ4n) is 1.90. The fourth-order valence-corrected chi connectivity index (χ4v) is 1.90. The smallest absolute Gasteiger partial charge is 0.269 e. The highest BCUT2D eigenvalue weighted by molar-refractivity contribution is 5.86. The predicted molar refractivity (Wildman–Crippen MR) is 108 cm³/mol. The van der Waals surface area contributed by atoms with Gasteiger partial charge in [-0.2, -0.15) is 0 Å². The highest BCUT2D eigenvalue weighted by atomic mass is 35.5. The first kappa shape index (κ1) is 31.4. The first-order valence-electron chi connectivity index (χ1n) is 6.74. The van der Waals surface area contributed by atoms with E-state index in [1.807, 2.05) is 0 Å². The van der Waals surface area contributed by atoms with Gasteiger partial charge in [0.2, 0.25) is 0 Å². The van der Waals surface area contributed by atoms with Crippen molar-refractivity contribution >= 4 is 55.3 Å². The number of nitro benzene ring substituents is 1. The van der Waals surface area contributed by atoms with Gasteiger partial charge in [0.15, 0.2) is 0 Å². The van der Waals surface area contributed by atoms with E-state index in [2.05, 4.69) is 10.2 Å². The zero-order chi connectivity index (χ0) is 14.8. The van der Waals surface area contributed by atoms with Gasteiger partial charge in [-0.3, -0.25) is 15.0 Å². The van der Waals surface area contributed by atoms with E-state index in [4.69, 9.17) is 11.5 Å². The Morgan fingerprint density at radius 3 is 2.00 bits per heavy atom. The van der Waals surface area contributed by atoms with Gasteiger partial charge in [-0.05, 0) is 5.56 Å².